The third-order valence-electron chi connectivity index (χ3n) is 4.15. The van der Waals surface area contributed by atoms with Crippen LogP contribution in [0.1, 0.15) is 39.2 Å². The Balaban J connectivity index is 2.03. The van der Waals surface area contributed by atoms with Crippen molar-refractivity contribution >= 4 is 11.8 Å². The molecule has 1 fully saturated rings. The zero-order valence-corrected chi connectivity index (χ0v) is 13.8. The standard InChI is InChI=1S/C18H26N2O2/c1-4-20(13-15-8-6-5-7-9-15)17(22)18(10-11-18)16(21)19-12-14(2)3/h5-9,14H,4,10-13H2,1-3H3,(H,19,21). The normalized spacial score (nSPS) is 15.5. The molecule has 0 unspecified atom stereocenters. The Bertz CT molecular complexity index is 521. The minimum absolute atomic E-state index is 0.0277. The van der Waals surface area contributed by atoms with Gasteiger partial charge in [-0.05, 0) is 31.2 Å². The van der Waals surface area contributed by atoms with Gasteiger partial charge >= 0.3 is 0 Å². The summed E-state index contributed by atoms with van der Waals surface area (Å²) in [6, 6.07) is 9.91. The summed E-state index contributed by atoms with van der Waals surface area (Å²) in [7, 11) is 0. The Kier molecular flexibility index (Phi) is 5.22. The number of hydrogen-bond donors (Lipinski definition) is 1. The van der Waals surface area contributed by atoms with Crippen LogP contribution >= 0.6 is 0 Å². The van der Waals surface area contributed by atoms with Gasteiger partial charge in [-0.15, -0.1) is 0 Å². The van der Waals surface area contributed by atoms with Gasteiger partial charge in [-0.25, -0.2) is 0 Å². The molecule has 0 spiro atoms. The first-order valence-corrected chi connectivity index (χ1v) is 8.11. The summed E-state index contributed by atoms with van der Waals surface area (Å²) in [5, 5.41) is 2.92. The molecule has 1 aromatic carbocycles. The highest BCUT2D eigenvalue weighted by atomic mass is 16.2. The van der Waals surface area contributed by atoms with Crippen LogP contribution < -0.4 is 5.32 Å². The second-order valence-corrected chi connectivity index (χ2v) is 6.49. The SMILES string of the molecule is CCN(Cc1ccccc1)C(=O)C1(C(=O)NCC(C)C)CC1. The molecule has 1 N–H and O–H groups in total. The molecule has 1 aliphatic carbocycles. The maximum atomic E-state index is 12.8. The van der Waals surface area contributed by atoms with Crippen molar-refractivity contribution in [3.63, 3.8) is 0 Å². The van der Waals surface area contributed by atoms with E-state index in [0.717, 1.165) is 5.56 Å². The number of nitrogens with one attached hydrogen (secondary N) is 1. The fourth-order valence-electron chi connectivity index (χ4n) is 2.56. The second kappa shape index (κ2) is 6.95. The van der Waals surface area contributed by atoms with Crippen LogP contribution in [0.2, 0.25) is 0 Å². The van der Waals surface area contributed by atoms with E-state index in [1.807, 2.05) is 37.3 Å². The summed E-state index contributed by atoms with van der Waals surface area (Å²) in [5.74, 6) is 0.263. The number of carbonyl (C=O) groups is 2. The predicted molar refractivity (Wildman–Crippen MR) is 87.0 cm³/mol. The third kappa shape index (κ3) is 3.67. The Morgan fingerprint density at radius 3 is 2.36 bits per heavy atom. The highest BCUT2D eigenvalue weighted by molar-refractivity contribution is 6.07. The lowest BCUT2D eigenvalue weighted by atomic mass is 10.0. The largest absolute Gasteiger partial charge is 0.355 e. The van der Waals surface area contributed by atoms with Crippen LogP contribution in [0, 0.1) is 11.3 Å². The molecule has 2 rings (SSSR count). The first kappa shape index (κ1) is 16.5. The van der Waals surface area contributed by atoms with Crippen LogP contribution in [-0.2, 0) is 16.1 Å². The molecule has 0 aliphatic heterocycles. The van der Waals surface area contributed by atoms with Gasteiger partial charge in [-0.1, -0.05) is 44.2 Å². The van der Waals surface area contributed by atoms with Crippen molar-refractivity contribution in [1.29, 1.82) is 0 Å². The van der Waals surface area contributed by atoms with Gasteiger partial charge in [0.2, 0.25) is 11.8 Å². The van der Waals surface area contributed by atoms with Crippen molar-refractivity contribution in [2.24, 2.45) is 11.3 Å². The van der Waals surface area contributed by atoms with Gasteiger partial charge in [0.25, 0.3) is 0 Å². The lowest BCUT2D eigenvalue weighted by Crippen LogP contribution is -2.45. The molecule has 1 aromatic rings. The molecule has 0 heterocycles. The molecule has 0 atom stereocenters. The zero-order chi connectivity index (χ0) is 16.2. The van der Waals surface area contributed by atoms with Crippen molar-refractivity contribution in [2.45, 2.75) is 40.2 Å². The Morgan fingerprint density at radius 2 is 1.86 bits per heavy atom. The Labute approximate surface area is 132 Å². The average molecular weight is 302 g/mol. The molecule has 0 aromatic heterocycles. The van der Waals surface area contributed by atoms with E-state index in [4.69, 9.17) is 0 Å². The van der Waals surface area contributed by atoms with Crippen LogP contribution in [0.25, 0.3) is 0 Å². The van der Waals surface area contributed by atoms with Crippen LogP contribution in [0.3, 0.4) is 0 Å². The molecular formula is C18H26N2O2. The smallest absolute Gasteiger partial charge is 0.238 e. The number of nitrogens with zero attached hydrogens (tertiary/aromatic N) is 1. The minimum atomic E-state index is -0.806. The second-order valence-electron chi connectivity index (χ2n) is 6.49. The van der Waals surface area contributed by atoms with E-state index in [-0.39, 0.29) is 11.8 Å². The van der Waals surface area contributed by atoms with Crippen molar-refractivity contribution < 1.29 is 9.59 Å². The Morgan fingerprint density at radius 1 is 1.23 bits per heavy atom. The fraction of sp³-hybridized carbons (Fsp3) is 0.556. The van der Waals surface area contributed by atoms with Crippen molar-refractivity contribution in [2.75, 3.05) is 13.1 Å². The van der Waals surface area contributed by atoms with E-state index < -0.39 is 5.41 Å². The number of rotatable bonds is 7. The van der Waals surface area contributed by atoms with Gasteiger partial charge in [0, 0.05) is 19.6 Å². The average Bonchev–Trinajstić information content (AvgIpc) is 3.32. The molecule has 1 aliphatic rings. The van der Waals surface area contributed by atoms with Crippen LogP contribution in [0.15, 0.2) is 30.3 Å². The maximum absolute atomic E-state index is 12.8. The van der Waals surface area contributed by atoms with Crippen molar-refractivity contribution in [1.82, 2.24) is 10.2 Å². The molecule has 2 amide bonds. The fourth-order valence-corrected chi connectivity index (χ4v) is 2.56. The lowest BCUT2D eigenvalue weighted by molar-refractivity contribution is -0.144. The maximum Gasteiger partial charge on any atom is 0.238 e. The number of carbonyl (C=O) groups excluding carboxylic acids is 2. The highest BCUT2D eigenvalue weighted by Gasteiger charge is 2.57. The highest BCUT2D eigenvalue weighted by Crippen LogP contribution is 2.47. The molecule has 120 valence electrons. The van der Waals surface area contributed by atoms with E-state index in [1.165, 1.54) is 0 Å². The van der Waals surface area contributed by atoms with Crippen LogP contribution in [0.5, 0.6) is 0 Å². The number of hydrogen-bond acceptors (Lipinski definition) is 2. The van der Waals surface area contributed by atoms with Gasteiger partial charge in [0.15, 0.2) is 0 Å². The van der Waals surface area contributed by atoms with E-state index in [0.29, 0.717) is 38.4 Å². The molecule has 0 saturated heterocycles. The summed E-state index contributed by atoms with van der Waals surface area (Å²) >= 11 is 0. The Hall–Kier alpha value is -1.84. The zero-order valence-electron chi connectivity index (χ0n) is 13.8. The summed E-state index contributed by atoms with van der Waals surface area (Å²) in [6.45, 7) is 7.87. The molecule has 1 saturated carbocycles. The first-order valence-electron chi connectivity index (χ1n) is 8.11. The summed E-state index contributed by atoms with van der Waals surface area (Å²) in [5.41, 5.74) is 0.288. The molecular weight excluding hydrogens is 276 g/mol. The minimum Gasteiger partial charge on any atom is -0.355 e. The number of benzene rings is 1. The summed E-state index contributed by atoms with van der Waals surface area (Å²) < 4.78 is 0. The summed E-state index contributed by atoms with van der Waals surface area (Å²) in [4.78, 5) is 27.0. The van der Waals surface area contributed by atoms with Crippen molar-refractivity contribution in [3.05, 3.63) is 35.9 Å². The van der Waals surface area contributed by atoms with Crippen LogP contribution in [0.4, 0.5) is 0 Å². The van der Waals surface area contributed by atoms with E-state index in [9.17, 15) is 9.59 Å². The van der Waals surface area contributed by atoms with Gasteiger partial charge in [0.1, 0.15) is 5.41 Å². The topological polar surface area (TPSA) is 49.4 Å². The third-order valence-corrected chi connectivity index (χ3v) is 4.15. The van der Waals surface area contributed by atoms with E-state index >= 15 is 0 Å². The molecule has 4 nitrogen and oxygen atoms in total. The van der Waals surface area contributed by atoms with Gasteiger partial charge in [0.05, 0.1) is 0 Å². The predicted octanol–water partition coefficient (Wildman–Crippen LogP) is 2.59. The quantitative estimate of drug-likeness (QED) is 0.787. The molecule has 22 heavy (non-hydrogen) atoms. The van der Waals surface area contributed by atoms with E-state index in [1.54, 1.807) is 4.90 Å². The molecule has 4 heteroatoms. The monoisotopic (exact) mass is 302 g/mol. The molecule has 0 bridgehead atoms. The van der Waals surface area contributed by atoms with Gasteiger partial charge in [-0.2, -0.15) is 0 Å². The number of amides is 2. The summed E-state index contributed by atoms with van der Waals surface area (Å²) in [6.07, 6.45) is 1.34. The van der Waals surface area contributed by atoms with E-state index in [2.05, 4.69) is 19.2 Å². The van der Waals surface area contributed by atoms with Crippen molar-refractivity contribution in [3.8, 4) is 0 Å². The lowest BCUT2D eigenvalue weighted by Gasteiger charge is -2.26. The van der Waals surface area contributed by atoms with Gasteiger partial charge < -0.3 is 10.2 Å². The van der Waals surface area contributed by atoms with Gasteiger partial charge in [-0.3, -0.25) is 9.59 Å². The molecule has 0 radical (unpaired) electrons. The first-order chi connectivity index (χ1) is 10.5. The van der Waals surface area contributed by atoms with Crippen LogP contribution in [-0.4, -0.2) is 29.8 Å².